The van der Waals surface area contributed by atoms with E-state index in [2.05, 4.69) is 30.6 Å². The third-order valence-electron chi connectivity index (χ3n) is 4.20. The van der Waals surface area contributed by atoms with Crippen LogP contribution in [0.15, 0.2) is 23.2 Å². The molecule has 1 atom stereocenters. The molecule has 8 heteroatoms. The number of carbonyl (C=O) groups excluding carboxylic acids is 1. The van der Waals surface area contributed by atoms with E-state index in [1.807, 2.05) is 12.1 Å². The van der Waals surface area contributed by atoms with Crippen LogP contribution in [0.5, 0.6) is 5.75 Å². The van der Waals surface area contributed by atoms with E-state index in [1.165, 1.54) is 11.1 Å². The van der Waals surface area contributed by atoms with E-state index < -0.39 is 6.04 Å². The van der Waals surface area contributed by atoms with E-state index in [9.17, 15) is 4.79 Å². The van der Waals surface area contributed by atoms with Crippen LogP contribution in [0.2, 0.25) is 0 Å². The van der Waals surface area contributed by atoms with Crippen molar-refractivity contribution in [2.45, 2.75) is 57.2 Å². The number of benzene rings is 1. The van der Waals surface area contributed by atoms with Crippen LogP contribution >= 0.6 is 26.1 Å². The first-order valence-corrected chi connectivity index (χ1v) is 9.80. The Morgan fingerprint density at radius 3 is 2.59 bits per heavy atom. The first kappa shape index (κ1) is 25.6. The fourth-order valence-electron chi connectivity index (χ4n) is 2.64. The molecular weight excluding hydrogens is 380 g/mol. The second-order valence-corrected chi connectivity index (χ2v) is 6.59. The molecule has 0 unspecified atom stereocenters. The molecule has 0 saturated heterocycles. The summed E-state index contributed by atoms with van der Waals surface area (Å²) in [4.78, 5) is 16.0. The minimum Gasteiger partial charge on any atom is -0.494 e. The van der Waals surface area contributed by atoms with Crippen LogP contribution in [0.1, 0.15) is 50.2 Å². The van der Waals surface area contributed by atoms with Gasteiger partial charge in [0.1, 0.15) is 11.5 Å². The number of nitrogens with zero attached hydrogens (tertiary/aromatic N) is 1. The molecule has 0 radical (unpaired) electrons. The van der Waals surface area contributed by atoms with Crippen molar-refractivity contribution >= 4 is 37.9 Å². The highest BCUT2D eigenvalue weighted by atomic mass is 32.1. The molecule has 0 heterocycles. The lowest BCUT2D eigenvalue weighted by atomic mass is 10.0. The minimum absolute atomic E-state index is 0. The zero-order chi connectivity index (χ0) is 19.4. The number of guanidine groups is 1. The van der Waals surface area contributed by atoms with Gasteiger partial charge in [0, 0.05) is 18.7 Å². The molecule has 0 aliphatic carbocycles. The zero-order valence-corrected chi connectivity index (χ0v) is 18.0. The maximum atomic E-state index is 12.1. The topological polar surface area (TPSA) is 117 Å². The first-order valence-electron chi connectivity index (χ1n) is 9.17. The number of hydrogen-bond donors (Lipinski definition) is 4. The number of aliphatic imine (C=N–C) groups is 1. The van der Waals surface area contributed by atoms with E-state index in [4.69, 9.17) is 21.9 Å². The molecule has 1 rings (SSSR count). The van der Waals surface area contributed by atoms with Gasteiger partial charge in [-0.25, -0.2) is 0 Å². The van der Waals surface area contributed by atoms with Crippen molar-refractivity contribution in [1.29, 1.82) is 0 Å². The molecule has 6 nitrogen and oxygen atoms in total. The Hall–Kier alpha value is -1.38. The number of unbranched alkanes of at least 4 members (excludes halogenated alkanes) is 1. The molecule has 0 aliphatic rings. The normalized spacial score (nSPS) is 11.4. The number of rotatable bonds is 13. The van der Waals surface area contributed by atoms with Gasteiger partial charge in [0.2, 0.25) is 0 Å². The summed E-state index contributed by atoms with van der Waals surface area (Å²) in [5.74, 6) is 1.73. The Balaban J connectivity index is 0.00000676. The zero-order valence-electron chi connectivity index (χ0n) is 16.1. The molecule has 154 valence electrons. The number of aryl methyl sites for hydroxylation is 1. The lowest BCUT2D eigenvalue weighted by Gasteiger charge is -2.12. The summed E-state index contributed by atoms with van der Waals surface area (Å²) < 4.78 is 5.76. The van der Waals surface area contributed by atoms with Crippen LogP contribution in [0.3, 0.4) is 0 Å². The lowest BCUT2D eigenvalue weighted by Crippen LogP contribution is -2.30. The van der Waals surface area contributed by atoms with Crippen molar-refractivity contribution in [3.63, 3.8) is 0 Å². The summed E-state index contributed by atoms with van der Waals surface area (Å²) in [6.07, 6.45) is 4.36. The van der Waals surface area contributed by atoms with Crippen LogP contribution in [-0.4, -0.2) is 30.9 Å². The van der Waals surface area contributed by atoms with Gasteiger partial charge in [-0.1, -0.05) is 13.0 Å². The number of thiol groups is 1. The number of ketones is 1. The van der Waals surface area contributed by atoms with Gasteiger partial charge >= 0.3 is 0 Å². The average molecular weight is 415 g/mol. The van der Waals surface area contributed by atoms with Crippen LogP contribution in [0, 0.1) is 0 Å². The average Bonchev–Trinajstić information content (AvgIpc) is 2.63. The second kappa shape index (κ2) is 14.6. The summed E-state index contributed by atoms with van der Waals surface area (Å²) in [5.41, 5.74) is 18.9. The number of carbonyl (C=O) groups is 1. The number of ether oxygens (including phenoxy) is 1. The van der Waals surface area contributed by atoms with E-state index in [-0.39, 0.29) is 25.2 Å². The highest BCUT2D eigenvalue weighted by molar-refractivity contribution is 7.79. The SMILES string of the molecule is CCc1cc(OCCCC(=O)[C@@H](N)CCCCN=C(N)N)ccc1CS.S. The largest absolute Gasteiger partial charge is 0.494 e. The van der Waals surface area contributed by atoms with Gasteiger partial charge in [-0.15, -0.1) is 0 Å². The van der Waals surface area contributed by atoms with Crippen molar-refractivity contribution in [3.05, 3.63) is 29.3 Å². The van der Waals surface area contributed by atoms with Crippen LogP contribution in [0.4, 0.5) is 0 Å². The van der Waals surface area contributed by atoms with Crippen molar-refractivity contribution in [1.82, 2.24) is 0 Å². The molecule has 0 aliphatic heterocycles. The predicted octanol–water partition coefficient (Wildman–Crippen LogP) is 2.29. The number of nitrogens with two attached hydrogens (primary N) is 3. The number of Topliss-reactive ketones (excluding diaryl/α,β-unsaturated/α-hetero) is 1. The van der Waals surface area contributed by atoms with Gasteiger partial charge in [0.15, 0.2) is 5.96 Å². The second-order valence-electron chi connectivity index (χ2n) is 6.27. The monoisotopic (exact) mass is 414 g/mol. The highest BCUT2D eigenvalue weighted by Gasteiger charge is 2.12. The summed E-state index contributed by atoms with van der Waals surface area (Å²) >= 11 is 4.33. The predicted molar refractivity (Wildman–Crippen MR) is 121 cm³/mol. The molecule has 1 aromatic rings. The molecule has 6 N–H and O–H groups in total. The molecule has 0 amide bonds. The maximum Gasteiger partial charge on any atom is 0.185 e. The third kappa shape index (κ3) is 10.5. The summed E-state index contributed by atoms with van der Waals surface area (Å²) in [5, 5.41) is 0. The first-order chi connectivity index (χ1) is 12.5. The Morgan fingerprint density at radius 2 is 1.96 bits per heavy atom. The Kier molecular flexibility index (Phi) is 13.9. The fraction of sp³-hybridized carbons (Fsp3) is 0.579. The van der Waals surface area contributed by atoms with Gasteiger partial charge in [-0.2, -0.15) is 26.1 Å². The van der Waals surface area contributed by atoms with Gasteiger partial charge in [-0.05, 0) is 55.4 Å². The van der Waals surface area contributed by atoms with Crippen LogP contribution < -0.4 is 21.9 Å². The third-order valence-corrected chi connectivity index (χ3v) is 4.54. The quantitative estimate of drug-likeness (QED) is 0.171. The highest BCUT2D eigenvalue weighted by Crippen LogP contribution is 2.20. The van der Waals surface area contributed by atoms with Crippen LogP contribution in [0.25, 0.3) is 0 Å². The van der Waals surface area contributed by atoms with E-state index in [0.29, 0.717) is 32.4 Å². The number of hydrogen-bond acceptors (Lipinski definition) is 5. The minimum atomic E-state index is -0.421. The maximum absolute atomic E-state index is 12.1. The van der Waals surface area contributed by atoms with E-state index in [0.717, 1.165) is 30.8 Å². The standard InChI is InChI=1S/C19H32N4O2S.H2S/c1-2-14-12-16(9-8-15(14)13-26)25-11-5-7-18(24)17(20)6-3-4-10-23-19(21)22;/h8-9,12,17,26H,2-7,10-11,13,20H2,1H3,(H4,21,22,23);1H2/t17-;/m0./s1. The van der Waals surface area contributed by atoms with Crippen molar-refractivity contribution in [3.8, 4) is 5.75 Å². The summed E-state index contributed by atoms with van der Waals surface area (Å²) in [7, 11) is 0. The van der Waals surface area contributed by atoms with Crippen LogP contribution in [-0.2, 0) is 17.0 Å². The Morgan fingerprint density at radius 1 is 1.22 bits per heavy atom. The molecule has 0 aromatic heterocycles. The van der Waals surface area contributed by atoms with Crippen molar-refractivity contribution in [2.75, 3.05) is 13.2 Å². The molecule has 0 saturated carbocycles. The molecule has 0 fully saturated rings. The van der Waals surface area contributed by atoms with Gasteiger partial charge < -0.3 is 21.9 Å². The molecule has 0 bridgehead atoms. The van der Waals surface area contributed by atoms with Gasteiger partial charge in [-0.3, -0.25) is 9.79 Å². The molecule has 1 aromatic carbocycles. The summed E-state index contributed by atoms with van der Waals surface area (Å²) in [6.45, 7) is 3.19. The Bertz CT molecular complexity index is 593. The lowest BCUT2D eigenvalue weighted by molar-refractivity contribution is -0.120. The van der Waals surface area contributed by atoms with Crippen molar-refractivity contribution < 1.29 is 9.53 Å². The smallest absolute Gasteiger partial charge is 0.185 e. The van der Waals surface area contributed by atoms with E-state index in [1.54, 1.807) is 0 Å². The van der Waals surface area contributed by atoms with Gasteiger partial charge in [0.05, 0.1) is 12.6 Å². The van der Waals surface area contributed by atoms with Crippen molar-refractivity contribution in [2.24, 2.45) is 22.2 Å². The molecule has 27 heavy (non-hydrogen) atoms. The van der Waals surface area contributed by atoms with E-state index >= 15 is 0 Å². The van der Waals surface area contributed by atoms with Gasteiger partial charge in [0.25, 0.3) is 0 Å². The molecular formula is C19H34N4O2S2. The summed E-state index contributed by atoms with van der Waals surface area (Å²) in [6, 6.07) is 5.63. The Labute approximate surface area is 175 Å². The fourth-order valence-corrected chi connectivity index (χ4v) is 2.95. The molecule has 0 spiro atoms.